The molecule has 6 heteroatoms. The molecule has 2 N–H and O–H groups in total. The van der Waals surface area contributed by atoms with E-state index in [1.807, 2.05) is 40.9 Å². The predicted octanol–water partition coefficient (Wildman–Crippen LogP) is 3.03. The number of benzene rings is 1. The van der Waals surface area contributed by atoms with Gasteiger partial charge >= 0.3 is 0 Å². The Bertz CT molecular complexity index is 545. The highest BCUT2D eigenvalue weighted by Gasteiger charge is 2.18. The fourth-order valence-corrected chi connectivity index (χ4v) is 3.36. The molecule has 0 saturated carbocycles. The molecule has 0 atom stereocenters. The van der Waals surface area contributed by atoms with Crippen LogP contribution in [0.4, 0.5) is 0 Å². The molecule has 0 unspecified atom stereocenters. The van der Waals surface area contributed by atoms with Gasteiger partial charge in [-0.1, -0.05) is 12.1 Å². The molecule has 4 nitrogen and oxygen atoms in total. The normalized spacial score (nSPS) is 14.3. The van der Waals surface area contributed by atoms with E-state index in [1.165, 1.54) is 6.42 Å². The Kier molecular flexibility index (Phi) is 8.39. The van der Waals surface area contributed by atoms with E-state index >= 15 is 0 Å². The Balaban J connectivity index is 1.81. The number of carbonyl (C=O) groups is 1. The molecule has 1 fully saturated rings. The number of likely N-dealkylation sites (tertiary alicyclic amines) is 1. The van der Waals surface area contributed by atoms with Gasteiger partial charge in [0.25, 0.3) is 5.91 Å². The fraction of sp³-hybridized carbons (Fsp3) is 0.556. The topological polar surface area (TPSA) is 44.4 Å². The monoisotopic (exact) mass is 365 g/mol. The number of nitrogens with zero attached hydrogens (tertiary/aromatic N) is 1. The number of piperidine rings is 1. The van der Waals surface area contributed by atoms with Gasteiger partial charge < -0.3 is 15.5 Å². The quantitative estimate of drug-likeness (QED) is 0.574. The van der Waals surface area contributed by atoms with Crippen LogP contribution in [0.5, 0.6) is 0 Å². The molecule has 132 valence electrons. The van der Waals surface area contributed by atoms with Crippen LogP contribution < -0.4 is 10.6 Å². The molecule has 1 aromatic rings. The van der Waals surface area contributed by atoms with E-state index in [0.717, 1.165) is 55.8 Å². The maximum Gasteiger partial charge on any atom is 0.253 e. The van der Waals surface area contributed by atoms with Crippen molar-refractivity contribution in [2.24, 2.45) is 0 Å². The smallest absolute Gasteiger partial charge is 0.253 e. The Morgan fingerprint density at radius 2 is 2.04 bits per heavy atom. The summed E-state index contributed by atoms with van der Waals surface area (Å²) in [6.07, 6.45) is 6.67. The molecule has 0 bridgehead atoms. The van der Waals surface area contributed by atoms with Gasteiger partial charge in [0.2, 0.25) is 0 Å². The van der Waals surface area contributed by atoms with Gasteiger partial charge in [-0.3, -0.25) is 4.79 Å². The highest BCUT2D eigenvalue weighted by atomic mass is 32.2. The van der Waals surface area contributed by atoms with E-state index in [4.69, 9.17) is 12.2 Å². The number of nitrogens with one attached hydrogen (secondary N) is 2. The van der Waals surface area contributed by atoms with Gasteiger partial charge in [0, 0.05) is 31.7 Å². The number of hydrogen-bond donors (Lipinski definition) is 2. The molecule has 1 aliphatic rings. The van der Waals surface area contributed by atoms with Crippen molar-refractivity contribution in [3.8, 4) is 0 Å². The molecule has 1 amide bonds. The first-order valence-corrected chi connectivity index (χ1v) is 10.4. The second kappa shape index (κ2) is 10.6. The van der Waals surface area contributed by atoms with E-state index in [0.29, 0.717) is 11.7 Å². The zero-order valence-corrected chi connectivity index (χ0v) is 16.0. The summed E-state index contributed by atoms with van der Waals surface area (Å²) in [5, 5.41) is 7.09. The molecule has 0 aromatic heterocycles. The highest BCUT2D eigenvalue weighted by Crippen LogP contribution is 2.14. The van der Waals surface area contributed by atoms with Crippen LogP contribution in [0.1, 0.15) is 41.6 Å². The van der Waals surface area contributed by atoms with Crippen LogP contribution in [0.2, 0.25) is 0 Å². The van der Waals surface area contributed by atoms with Crippen molar-refractivity contribution >= 4 is 35.0 Å². The highest BCUT2D eigenvalue weighted by molar-refractivity contribution is 7.98. The van der Waals surface area contributed by atoms with Crippen molar-refractivity contribution in [1.29, 1.82) is 0 Å². The standard InChI is InChI=1S/C18H27N3OS2/c1-24-12-6-9-19-18(23)20-14-15-7-5-8-16(13-15)17(22)21-10-3-2-4-11-21/h5,7-8,13H,2-4,6,9-12,14H2,1H3,(H2,19,20,23). The first-order chi connectivity index (χ1) is 11.7. The molecule has 1 saturated heterocycles. The molecule has 1 aliphatic heterocycles. The molecule has 0 spiro atoms. The lowest BCUT2D eigenvalue weighted by Crippen LogP contribution is -2.36. The predicted molar refractivity (Wildman–Crippen MR) is 107 cm³/mol. The zero-order chi connectivity index (χ0) is 17.2. The van der Waals surface area contributed by atoms with E-state index in [-0.39, 0.29) is 5.91 Å². The second-order valence-electron chi connectivity index (χ2n) is 6.01. The van der Waals surface area contributed by atoms with E-state index in [1.54, 1.807) is 0 Å². The maximum atomic E-state index is 12.6. The molecule has 0 aliphatic carbocycles. The van der Waals surface area contributed by atoms with Gasteiger partial charge in [0.15, 0.2) is 5.11 Å². The first-order valence-electron chi connectivity index (χ1n) is 8.59. The minimum atomic E-state index is 0.148. The first kappa shape index (κ1) is 19.1. The molecule has 1 heterocycles. The van der Waals surface area contributed by atoms with Gasteiger partial charge in [-0.2, -0.15) is 11.8 Å². The average molecular weight is 366 g/mol. The van der Waals surface area contributed by atoms with Gasteiger partial charge in [0.05, 0.1) is 0 Å². The summed E-state index contributed by atoms with van der Waals surface area (Å²) in [6, 6.07) is 7.85. The SMILES string of the molecule is CSCCCNC(=S)NCc1cccc(C(=O)N2CCCCC2)c1. The van der Waals surface area contributed by atoms with E-state index < -0.39 is 0 Å². The molecule has 0 radical (unpaired) electrons. The molecular weight excluding hydrogens is 338 g/mol. The van der Waals surface area contributed by atoms with Crippen molar-refractivity contribution in [3.63, 3.8) is 0 Å². The van der Waals surface area contributed by atoms with Crippen molar-refractivity contribution in [2.75, 3.05) is 31.6 Å². The summed E-state index contributed by atoms with van der Waals surface area (Å²) >= 11 is 7.13. The van der Waals surface area contributed by atoms with E-state index in [9.17, 15) is 4.79 Å². The number of amides is 1. The van der Waals surface area contributed by atoms with Crippen LogP contribution in [0.15, 0.2) is 24.3 Å². The zero-order valence-electron chi connectivity index (χ0n) is 14.3. The molecule has 24 heavy (non-hydrogen) atoms. The van der Waals surface area contributed by atoms with Crippen LogP contribution in [-0.2, 0) is 6.54 Å². The maximum absolute atomic E-state index is 12.6. The van der Waals surface area contributed by atoms with Crippen molar-refractivity contribution < 1.29 is 4.79 Å². The lowest BCUT2D eigenvalue weighted by atomic mass is 10.1. The third-order valence-electron chi connectivity index (χ3n) is 4.08. The summed E-state index contributed by atoms with van der Waals surface area (Å²) in [5.74, 6) is 1.28. The minimum absolute atomic E-state index is 0.148. The van der Waals surface area contributed by atoms with Crippen LogP contribution in [0.25, 0.3) is 0 Å². The third kappa shape index (κ3) is 6.32. The van der Waals surface area contributed by atoms with Crippen molar-refractivity contribution in [3.05, 3.63) is 35.4 Å². The van der Waals surface area contributed by atoms with E-state index in [2.05, 4.69) is 16.9 Å². The van der Waals surface area contributed by atoms with Crippen LogP contribution >= 0.6 is 24.0 Å². The fourth-order valence-electron chi connectivity index (χ4n) is 2.76. The van der Waals surface area contributed by atoms with Crippen LogP contribution in [-0.4, -0.2) is 47.6 Å². The summed E-state index contributed by atoms with van der Waals surface area (Å²) in [5.41, 5.74) is 1.85. The number of thiocarbonyl (C=S) groups is 1. The third-order valence-corrected chi connectivity index (χ3v) is 5.07. The van der Waals surface area contributed by atoms with Gasteiger partial charge in [-0.25, -0.2) is 0 Å². The number of carbonyl (C=O) groups excluding carboxylic acids is 1. The second-order valence-corrected chi connectivity index (χ2v) is 7.40. The Labute approximate surface area is 154 Å². The van der Waals surface area contributed by atoms with Crippen molar-refractivity contribution in [1.82, 2.24) is 15.5 Å². The van der Waals surface area contributed by atoms with Crippen molar-refractivity contribution in [2.45, 2.75) is 32.2 Å². The van der Waals surface area contributed by atoms with Crippen LogP contribution in [0, 0.1) is 0 Å². The summed E-state index contributed by atoms with van der Waals surface area (Å²) < 4.78 is 0. The number of thioether (sulfide) groups is 1. The molecule has 1 aromatic carbocycles. The Morgan fingerprint density at radius 3 is 2.79 bits per heavy atom. The lowest BCUT2D eigenvalue weighted by Gasteiger charge is -2.26. The molecule has 2 rings (SSSR count). The summed E-state index contributed by atoms with van der Waals surface area (Å²) in [6.45, 7) is 3.28. The summed E-state index contributed by atoms with van der Waals surface area (Å²) in [4.78, 5) is 14.5. The van der Waals surface area contributed by atoms with Gasteiger partial charge in [0.1, 0.15) is 0 Å². The largest absolute Gasteiger partial charge is 0.363 e. The Hall–Kier alpha value is -1.27. The van der Waals surface area contributed by atoms with Crippen LogP contribution in [0.3, 0.4) is 0 Å². The van der Waals surface area contributed by atoms with Gasteiger partial charge in [-0.15, -0.1) is 0 Å². The number of hydrogen-bond acceptors (Lipinski definition) is 3. The average Bonchev–Trinajstić information content (AvgIpc) is 2.64. The minimum Gasteiger partial charge on any atom is -0.363 e. The number of rotatable bonds is 7. The lowest BCUT2D eigenvalue weighted by molar-refractivity contribution is 0.0724. The Morgan fingerprint density at radius 1 is 1.25 bits per heavy atom. The molecular formula is C18H27N3OS2. The summed E-state index contributed by atoms with van der Waals surface area (Å²) in [7, 11) is 0. The van der Waals surface area contributed by atoms with Gasteiger partial charge in [-0.05, 0) is 67.6 Å².